The van der Waals surface area contributed by atoms with Crippen LogP contribution in [0.3, 0.4) is 0 Å². The Morgan fingerprint density at radius 1 is 1.11 bits per heavy atom. The lowest BCUT2D eigenvalue weighted by Crippen LogP contribution is -2.47. The van der Waals surface area contributed by atoms with Crippen LogP contribution in [0.1, 0.15) is 46.5 Å². The number of quaternary nitrogens is 1. The molecule has 0 heterocycles. The van der Waals surface area contributed by atoms with E-state index in [1.807, 2.05) is 0 Å². The zero-order chi connectivity index (χ0) is 15.1. The summed E-state index contributed by atoms with van der Waals surface area (Å²) >= 11 is 0. The number of methoxy groups -OCH3 is 1. The third kappa shape index (κ3) is 15.1. The maximum absolute atomic E-state index is 9.03. The summed E-state index contributed by atoms with van der Waals surface area (Å²) in [6.07, 6.45) is 3.70. The molecule has 0 aliphatic rings. The smallest absolute Gasteiger partial charge is 0.251 e. The second-order valence-corrected chi connectivity index (χ2v) is 4.85. The first-order chi connectivity index (χ1) is 8.95. The van der Waals surface area contributed by atoms with Gasteiger partial charge in [0, 0.05) is 13.7 Å². The van der Waals surface area contributed by atoms with E-state index in [9.17, 15) is 0 Å². The van der Waals surface area contributed by atoms with Crippen molar-refractivity contribution in [3.05, 3.63) is 0 Å². The fraction of sp³-hybridized carbons (Fsp3) is 0.929. The maximum atomic E-state index is 9.03. The van der Waals surface area contributed by atoms with Crippen molar-refractivity contribution in [3.63, 3.8) is 0 Å². The molecular weight excluding hydrogens is 246 g/mol. The molecule has 0 radical (unpaired) electrons. The number of ether oxygens (including phenoxy) is 2. The van der Waals surface area contributed by atoms with Gasteiger partial charge in [0.1, 0.15) is 0 Å². The van der Waals surface area contributed by atoms with Crippen molar-refractivity contribution < 1.29 is 23.9 Å². The van der Waals surface area contributed by atoms with E-state index < -0.39 is 6.16 Å². The largest absolute Gasteiger partial charge is 0.553 e. The van der Waals surface area contributed by atoms with Crippen LogP contribution in [0.5, 0.6) is 0 Å². The lowest BCUT2D eigenvalue weighted by Gasteiger charge is -2.34. The van der Waals surface area contributed by atoms with Crippen LogP contribution < -0.4 is 5.11 Å². The number of hydrogen-bond donors (Lipinski definition) is 0. The lowest BCUT2D eigenvalue weighted by atomic mass is 10.2. The molecule has 5 heteroatoms. The standard InChI is InChI=1S/C12H28NO.C2H4O3/c1-5-8-10-13(4,11-9-6-2)12-14-7-3;1-5-2(3)4/h5-12H2,1-4H3;1H3,(H,3,4)/q+1;/p-1. The van der Waals surface area contributed by atoms with Crippen LogP contribution in [0.25, 0.3) is 0 Å². The van der Waals surface area contributed by atoms with Crippen molar-refractivity contribution in [2.24, 2.45) is 0 Å². The summed E-state index contributed by atoms with van der Waals surface area (Å²) in [6.45, 7) is 10.8. The van der Waals surface area contributed by atoms with Gasteiger partial charge in [-0.25, -0.2) is 0 Å². The van der Waals surface area contributed by atoms with Crippen LogP contribution in [-0.4, -0.2) is 51.2 Å². The number of unbranched alkanes of at least 4 members (excludes halogenated alkanes) is 2. The van der Waals surface area contributed by atoms with Crippen molar-refractivity contribution >= 4 is 6.16 Å². The zero-order valence-electron chi connectivity index (χ0n) is 13.2. The Morgan fingerprint density at radius 2 is 1.53 bits per heavy atom. The first-order valence-electron chi connectivity index (χ1n) is 7.12. The van der Waals surface area contributed by atoms with Crippen LogP contribution in [0.4, 0.5) is 4.79 Å². The van der Waals surface area contributed by atoms with Crippen LogP contribution in [0.15, 0.2) is 0 Å². The number of carbonyl (C=O) groups is 1. The second-order valence-electron chi connectivity index (χ2n) is 4.85. The second kappa shape index (κ2) is 13.6. The highest BCUT2D eigenvalue weighted by molar-refractivity contribution is 5.53. The topological polar surface area (TPSA) is 58.6 Å². The van der Waals surface area contributed by atoms with Crippen molar-refractivity contribution in [2.75, 3.05) is 40.6 Å². The van der Waals surface area contributed by atoms with E-state index in [4.69, 9.17) is 14.6 Å². The van der Waals surface area contributed by atoms with Gasteiger partial charge < -0.3 is 23.9 Å². The van der Waals surface area contributed by atoms with E-state index in [1.54, 1.807) is 0 Å². The summed E-state index contributed by atoms with van der Waals surface area (Å²) in [5.74, 6) is 0. The molecule has 0 saturated heterocycles. The normalized spacial score (nSPS) is 10.6. The van der Waals surface area contributed by atoms with Crippen LogP contribution >= 0.6 is 0 Å². The number of nitrogens with zero attached hydrogens (tertiary/aromatic N) is 1. The Bertz CT molecular complexity index is 188. The molecule has 0 rings (SSSR count). The molecule has 0 N–H and O–H groups in total. The van der Waals surface area contributed by atoms with Crippen molar-refractivity contribution in [3.8, 4) is 0 Å². The molecule has 0 aromatic heterocycles. The Hall–Kier alpha value is -0.810. The third-order valence-electron chi connectivity index (χ3n) is 2.88. The molecule has 116 valence electrons. The van der Waals surface area contributed by atoms with Crippen molar-refractivity contribution in [2.45, 2.75) is 46.5 Å². The zero-order valence-corrected chi connectivity index (χ0v) is 13.2. The van der Waals surface area contributed by atoms with Gasteiger partial charge in [0.25, 0.3) is 6.16 Å². The lowest BCUT2D eigenvalue weighted by molar-refractivity contribution is -0.928. The SMILES string of the molecule is CCCC[N+](C)(CCCC)COCC.COC(=O)[O-]. The Kier molecular flexibility index (Phi) is 14.7. The highest BCUT2D eigenvalue weighted by Crippen LogP contribution is 2.08. The summed E-state index contributed by atoms with van der Waals surface area (Å²) in [6, 6.07) is 0. The number of carbonyl (C=O) groups excluding carboxylic acids is 1. The molecule has 0 unspecified atom stereocenters. The quantitative estimate of drug-likeness (QED) is 0.367. The van der Waals surface area contributed by atoms with Gasteiger partial charge in [0.2, 0.25) is 0 Å². The van der Waals surface area contributed by atoms with Crippen LogP contribution in [0.2, 0.25) is 0 Å². The molecule has 0 aliphatic heterocycles. The van der Waals surface area contributed by atoms with Crippen LogP contribution in [-0.2, 0) is 9.47 Å². The van der Waals surface area contributed by atoms with E-state index in [0.717, 1.165) is 24.9 Å². The summed E-state index contributed by atoms with van der Waals surface area (Å²) in [7, 11) is 3.36. The van der Waals surface area contributed by atoms with Gasteiger partial charge >= 0.3 is 0 Å². The maximum Gasteiger partial charge on any atom is 0.251 e. The summed E-state index contributed by atoms with van der Waals surface area (Å²) in [5.41, 5.74) is 0. The minimum atomic E-state index is -1.50. The molecule has 5 nitrogen and oxygen atoms in total. The fourth-order valence-electron chi connectivity index (χ4n) is 1.63. The molecule has 0 aromatic rings. The summed E-state index contributed by atoms with van der Waals surface area (Å²) in [4.78, 5) is 9.03. The van der Waals surface area contributed by atoms with Gasteiger partial charge in [-0.2, -0.15) is 0 Å². The van der Waals surface area contributed by atoms with E-state index in [1.165, 1.54) is 38.8 Å². The first-order valence-corrected chi connectivity index (χ1v) is 7.12. The highest BCUT2D eigenvalue weighted by atomic mass is 16.6. The minimum absolute atomic E-state index is 0.839. The van der Waals surface area contributed by atoms with Crippen molar-refractivity contribution in [1.29, 1.82) is 0 Å². The van der Waals surface area contributed by atoms with Gasteiger partial charge in [-0.15, -0.1) is 0 Å². The Balaban J connectivity index is 0. The van der Waals surface area contributed by atoms with Gasteiger partial charge in [-0.3, -0.25) is 0 Å². The van der Waals surface area contributed by atoms with E-state index in [2.05, 4.69) is 32.6 Å². The monoisotopic (exact) mass is 277 g/mol. The average Bonchev–Trinajstić information content (AvgIpc) is 2.41. The first kappa shape index (κ1) is 20.5. The molecule has 0 saturated carbocycles. The number of rotatable bonds is 9. The van der Waals surface area contributed by atoms with Gasteiger partial charge in [-0.1, -0.05) is 26.7 Å². The summed E-state index contributed by atoms with van der Waals surface area (Å²) in [5, 5.41) is 9.03. The summed E-state index contributed by atoms with van der Waals surface area (Å²) < 4.78 is 10.2. The molecule has 0 atom stereocenters. The predicted octanol–water partition coefficient (Wildman–Crippen LogP) is 2.00. The highest BCUT2D eigenvalue weighted by Gasteiger charge is 2.19. The van der Waals surface area contributed by atoms with E-state index in [0.29, 0.717) is 0 Å². The molecule has 19 heavy (non-hydrogen) atoms. The van der Waals surface area contributed by atoms with Crippen molar-refractivity contribution in [1.82, 2.24) is 0 Å². The fourth-order valence-corrected chi connectivity index (χ4v) is 1.63. The third-order valence-corrected chi connectivity index (χ3v) is 2.88. The Morgan fingerprint density at radius 3 is 1.79 bits per heavy atom. The Labute approximate surface area is 118 Å². The molecule has 0 aromatic carbocycles. The molecule has 0 fully saturated rings. The average molecular weight is 277 g/mol. The van der Waals surface area contributed by atoms with Crippen LogP contribution in [0, 0.1) is 0 Å². The number of hydrogen-bond acceptors (Lipinski definition) is 4. The number of carboxylic acid groups (broad SMARTS) is 1. The molecule has 0 spiro atoms. The van der Waals surface area contributed by atoms with Gasteiger partial charge in [0.15, 0.2) is 6.73 Å². The molecular formula is C14H31NO4. The molecule has 0 aliphatic carbocycles. The van der Waals surface area contributed by atoms with Gasteiger partial charge in [-0.05, 0) is 19.8 Å². The van der Waals surface area contributed by atoms with E-state index >= 15 is 0 Å². The van der Waals surface area contributed by atoms with Gasteiger partial charge in [0.05, 0.1) is 20.1 Å². The predicted molar refractivity (Wildman–Crippen MR) is 74.6 cm³/mol. The molecule has 0 amide bonds. The molecule has 0 bridgehead atoms. The van der Waals surface area contributed by atoms with E-state index in [-0.39, 0.29) is 0 Å². The minimum Gasteiger partial charge on any atom is -0.553 e.